The van der Waals surface area contributed by atoms with Crippen molar-refractivity contribution in [2.75, 3.05) is 38.3 Å². The fourth-order valence-electron chi connectivity index (χ4n) is 2.91. The first-order valence-corrected chi connectivity index (χ1v) is 12.9. The third kappa shape index (κ3) is 5.29. The molecule has 1 aromatic heterocycles. The highest BCUT2D eigenvalue weighted by molar-refractivity contribution is 6.74. The van der Waals surface area contributed by atoms with Gasteiger partial charge in [-0.15, -0.1) is 0 Å². The van der Waals surface area contributed by atoms with Gasteiger partial charge in [0.25, 0.3) is 0 Å². The minimum Gasteiger partial charge on any atom is -0.412 e. The fraction of sp³-hybridized carbons (Fsp3) is 0.750. The minimum atomic E-state index is -1.84. The van der Waals surface area contributed by atoms with Gasteiger partial charge >= 0.3 is 0 Å². The van der Waals surface area contributed by atoms with Crippen molar-refractivity contribution in [1.29, 1.82) is 0 Å². The molecule has 7 heteroatoms. The lowest BCUT2D eigenvalue weighted by Crippen LogP contribution is -2.40. The van der Waals surface area contributed by atoms with Crippen LogP contribution in [-0.2, 0) is 25.2 Å². The Labute approximate surface area is 164 Å². The highest BCUT2D eigenvalue weighted by Gasteiger charge is 2.37. The van der Waals surface area contributed by atoms with E-state index in [0.717, 1.165) is 43.3 Å². The van der Waals surface area contributed by atoms with Crippen LogP contribution < -0.4 is 5.32 Å². The topological polar surface area (TPSA) is 61.8 Å². The number of nitrogens with zero attached hydrogens (tertiary/aromatic N) is 1. The second kappa shape index (κ2) is 8.57. The average molecular weight is 395 g/mol. The molecule has 2 fully saturated rings. The minimum absolute atomic E-state index is 0.172. The van der Waals surface area contributed by atoms with Gasteiger partial charge < -0.3 is 24.0 Å². The van der Waals surface area contributed by atoms with E-state index in [0.29, 0.717) is 25.7 Å². The van der Waals surface area contributed by atoms with Gasteiger partial charge in [-0.3, -0.25) is 0 Å². The van der Waals surface area contributed by atoms with E-state index < -0.39 is 14.6 Å². The van der Waals surface area contributed by atoms with E-state index in [1.54, 1.807) is 0 Å². The molecule has 1 N–H and O–H groups in total. The van der Waals surface area contributed by atoms with Crippen molar-refractivity contribution in [2.45, 2.75) is 58.2 Å². The second-order valence-electron chi connectivity index (χ2n) is 8.97. The van der Waals surface area contributed by atoms with E-state index in [4.69, 9.17) is 23.6 Å². The van der Waals surface area contributed by atoms with Crippen molar-refractivity contribution in [3.8, 4) is 0 Å². The van der Waals surface area contributed by atoms with Crippen LogP contribution in [0, 0.1) is 5.92 Å². The molecule has 1 unspecified atom stereocenters. The van der Waals surface area contributed by atoms with Crippen molar-refractivity contribution >= 4 is 14.1 Å². The summed E-state index contributed by atoms with van der Waals surface area (Å²) < 4.78 is 23.3. The monoisotopic (exact) mass is 394 g/mol. The maximum Gasteiger partial charge on any atom is 0.201 e. The van der Waals surface area contributed by atoms with E-state index in [1.165, 1.54) is 0 Å². The summed E-state index contributed by atoms with van der Waals surface area (Å²) in [5.41, 5.74) is 1.88. The van der Waals surface area contributed by atoms with E-state index >= 15 is 0 Å². The van der Waals surface area contributed by atoms with Gasteiger partial charge in [-0.1, -0.05) is 26.8 Å². The standard InChI is InChI=1S/C20H34N2O4Si/c1-20(2,3)27(4,5)26-14-16-6-7-17(21-12-15-8-9-23-13-15)22-18(16)19-24-10-11-25-19/h6-7,15,19H,8-14H2,1-5H3,(H,21,22). The van der Waals surface area contributed by atoms with Crippen molar-refractivity contribution in [3.05, 3.63) is 23.4 Å². The molecule has 2 aliphatic heterocycles. The molecule has 152 valence electrons. The summed E-state index contributed by atoms with van der Waals surface area (Å²) in [6, 6.07) is 4.12. The van der Waals surface area contributed by atoms with Gasteiger partial charge in [0.1, 0.15) is 11.5 Å². The summed E-state index contributed by atoms with van der Waals surface area (Å²) in [4.78, 5) is 4.81. The van der Waals surface area contributed by atoms with Crippen molar-refractivity contribution in [3.63, 3.8) is 0 Å². The number of nitrogens with one attached hydrogen (secondary N) is 1. The number of hydrogen-bond acceptors (Lipinski definition) is 6. The first-order chi connectivity index (χ1) is 12.8. The van der Waals surface area contributed by atoms with E-state index in [9.17, 15) is 0 Å². The Balaban J connectivity index is 1.72. The van der Waals surface area contributed by atoms with Crippen LogP contribution in [0.5, 0.6) is 0 Å². The number of rotatable bonds is 7. The van der Waals surface area contributed by atoms with Crippen LogP contribution >= 0.6 is 0 Å². The predicted molar refractivity (Wildman–Crippen MR) is 108 cm³/mol. The second-order valence-corrected chi connectivity index (χ2v) is 13.8. The first kappa shape index (κ1) is 20.7. The summed E-state index contributed by atoms with van der Waals surface area (Å²) in [7, 11) is -1.84. The average Bonchev–Trinajstić information content (AvgIpc) is 3.31. The Morgan fingerprint density at radius 2 is 1.93 bits per heavy atom. The molecule has 1 aromatic rings. The van der Waals surface area contributed by atoms with Gasteiger partial charge in [-0.2, -0.15) is 0 Å². The number of hydrogen-bond donors (Lipinski definition) is 1. The van der Waals surface area contributed by atoms with Gasteiger partial charge in [0.15, 0.2) is 8.32 Å². The summed E-state index contributed by atoms with van der Waals surface area (Å²) in [5, 5.41) is 3.61. The molecule has 3 heterocycles. The molecule has 0 radical (unpaired) electrons. The first-order valence-electron chi connectivity index (χ1n) is 9.95. The van der Waals surface area contributed by atoms with Crippen LogP contribution in [0.4, 0.5) is 5.82 Å². The smallest absolute Gasteiger partial charge is 0.201 e. The van der Waals surface area contributed by atoms with Crippen LogP contribution in [0.3, 0.4) is 0 Å². The molecule has 1 atom stereocenters. The highest BCUT2D eigenvalue weighted by Crippen LogP contribution is 2.37. The van der Waals surface area contributed by atoms with Gasteiger partial charge in [-0.25, -0.2) is 4.98 Å². The third-order valence-electron chi connectivity index (χ3n) is 5.85. The molecular weight excluding hydrogens is 360 g/mol. The lowest BCUT2D eigenvalue weighted by Gasteiger charge is -2.36. The predicted octanol–water partition coefficient (Wildman–Crippen LogP) is 4.10. The molecule has 2 aliphatic rings. The molecule has 3 rings (SSSR count). The van der Waals surface area contributed by atoms with Gasteiger partial charge in [0, 0.05) is 24.6 Å². The summed E-state index contributed by atoms with van der Waals surface area (Å²) in [6.45, 7) is 15.6. The molecule has 6 nitrogen and oxygen atoms in total. The van der Waals surface area contributed by atoms with Crippen LogP contribution in [0.2, 0.25) is 18.1 Å². The molecule has 0 bridgehead atoms. The van der Waals surface area contributed by atoms with Crippen molar-refractivity contribution in [2.24, 2.45) is 5.92 Å². The number of pyridine rings is 1. The van der Waals surface area contributed by atoms with E-state index in [2.05, 4.69) is 45.2 Å². The summed E-state index contributed by atoms with van der Waals surface area (Å²) in [6.07, 6.45) is 0.701. The Kier molecular flexibility index (Phi) is 6.58. The fourth-order valence-corrected chi connectivity index (χ4v) is 3.86. The van der Waals surface area contributed by atoms with Crippen LogP contribution in [0.15, 0.2) is 12.1 Å². The Bertz CT molecular complexity index is 621. The number of ether oxygens (including phenoxy) is 3. The maximum absolute atomic E-state index is 6.41. The molecular formula is C20H34N2O4Si. The van der Waals surface area contributed by atoms with E-state index in [-0.39, 0.29) is 5.04 Å². The maximum atomic E-state index is 6.41. The normalized spacial score (nSPS) is 21.7. The van der Waals surface area contributed by atoms with Gasteiger partial charge in [0.2, 0.25) is 6.29 Å². The Morgan fingerprint density at radius 1 is 1.19 bits per heavy atom. The lowest BCUT2D eigenvalue weighted by molar-refractivity contribution is -0.0483. The summed E-state index contributed by atoms with van der Waals surface area (Å²) >= 11 is 0. The zero-order chi connectivity index (χ0) is 19.5. The summed E-state index contributed by atoms with van der Waals surface area (Å²) in [5.74, 6) is 1.41. The largest absolute Gasteiger partial charge is 0.412 e. The van der Waals surface area contributed by atoms with Crippen molar-refractivity contribution in [1.82, 2.24) is 4.98 Å². The lowest BCUT2D eigenvalue weighted by atomic mass is 10.1. The molecule has 0 aliphatic carbocycles. The van der Waals surface area contributed by atoms with Crippen LogP contribution in [0.25, 0.3) is 0 Å². The van der Waals surface area contributed by atoms with E-state index in [1.807, 2.05) is 6.07 Å². The molecule has 0 spiro atoms. The van der Waals surface area contributed by atoms with Crippen molar-refractivity contribution < 1.29 is 18.6 Å². The Hall–Kier alpha value is -0.993. The molecule has 0 saturated carbocycles. The van der Waals surface area contributed by atoms with Gasteiger partial charge in [0.05, 0.1) is 26.4 Å². The molecule has 0 amide bonds. The Morgan fingerprint density at radius 3 is 2.56 bits per heavy atom. The van der Waals surface area contributed by atoms with Crippen LogP contribution in [0.1, 0.15) is 44.7 Å². The molecule has 27 heavy (non-hydrogen) atoms. The van der Waals surface area contributed by atoms with Gasteiger partial charge in [-0.05, 0) is 30.6 Å². The number of anilines is 1. The SMILES string of the molecule is CC(C)(C)[Si](C)(C)OCc1ccc(NCC2CCOC2)nc1C1OCCO1. The zero-order valence-electron chi connectivity index (χ0n) is 17.3. The third-order valence-corrected chi connectivity index (χ3v) is 10.3. The van der Waals surface area contributed by atoms with Crippen LogP contribution in [-0.4, -0.2) is 46.3 Å². The molecule has 2 saturated heterocycles. The number of aromatic nitrogens is 1. The quantitative estimate of drug-likeness (QED) is 0.703. The highest BCUT2D eigenvalue weighted by atomic mass is 28.4. The molecule has 0 aromatic carbocycles. The zero-order valence-corrected chi connectivity index (χ0v) is 18.3.